The van der Waals surface area contributed by atoms with Crippen molar-refractivity contribution in [2.24, 2.45) is 5.92 Å². The van der Waals surface area contributed by atoms with E-state index in [0.29, 0.717) is 17.8 Å². The molecule has 0 spiro atoms. The summed E-state index contributed by atoms with van der Waals surface area (Å²) in [5.74, 6) is -0.247. The van der Waals surface area contributed by atoms with Crippen molar-refractivity contribution in [1.82, 2.24) is 9.88 Å². The first-order valence-electron chi connectivity index (χ1n) is 7.70. The summed E-state index contributed by atoms with van der Waals surface area (Å²) in [5, 5.41) is 10.2. The summed E-state index contributed by atoms with van der Waals surface area (Å²) in [6.07, 6.45) is 1.84. The van der Waals surface area contributed by atoms with Crippen LogP contribution in [0, 0.1) is 18.7 Å². The van der Waals surface area contributed by atoms with Crippen LogP contribution in [-0.2, 0) is 0 Å². The number of aryl methyl sites for hydroxylation is 1. The number of rotatable bonds is 2. The Balaban J connectivity index is 1.93. The quantitative estimate of drug-likeness (QED) is 0.896. The Kier molecular flexibility index (Phi) is 3.91. The number of nitrogens with one attached hydrogen (secondary N) is 1. The Labute approximate surface area is 128 Å². The molecule has 0 radical (unpaired) electrons. The van der Waals surface area contributed by atoms with E-state index in [1.807, 2.05) is 13.8 Å². The van der Waals surface area contributed by atoms with E-state index in [1.165, 1.54) is 12.1 Å². The molecule has 118 valence electrons. The first kappa shape index (κ1) is 15.0. The Bertz CT molecular complexity index is 710. The third-order valence-electron chi connectivity index (χ3n) is 4.64. The van der Waals surface area contributed by atoms with Crippen LogP contribution in [0.25, 0.3) is 10.9 Å². The van der Waals surface area contributed by atoms with E-state index in [1.54, 1.807) is 11.0 Å². The van der Waals surface area contributed by atoms with Crippen LogP contribution in [-0.4, -0.2) is 40.1 Å². The fourth-order valence-corrected chi connectivity index (χ4v) is 3.26. The number of benzene rings is 1. The van der Waals surface area contributed by atoms with Crippen molar-refractivity contribution in [3.63, 3.8) is 0 Å². The number of nitrogens with zero attached hydrogens (tertiary/aromatic N) is 1. The summed E-state index contributed by atoms with van der Waals surface area (Å²) in [4.78, 5) is 17.6. The SMILES string of the molecule is Cc1cc(F)cc2[nH]c(C(=O)N3CC(CO)CCC3C)cc12. The van der Waals surface area contributed by atoms with Gasteiger partial charge in [0, 0.05) is 30.1 Å². The second kappa shape index (κ2) is 5.72. The largest absolute Gasteiger partial charge is 0.396 e. The molecule has 1 aliphatic heterocycles. The summed E-state index contributed by atoms with van der Waals surface area (Å²) >= 11 is 0. The van der Waals surface area contributed by atoms with Crippen molar-refractivity contribution in [1.29, 1.82) is 0 Å². The molecule has 0 bridgehead atoms. The number of aliphatic hydroxyl groups is 1. The predicted octanol–water partition coefficient (Wildman–Crippen LogP) is 2.85. The minimum Gasteiger partial charge on any atom is -0.396 e. The zero-order chi connectivity index (χ0) is 15.9. The van der Waals surface area contributed by atoms with E-state index in [2.05, 4.69) is 4.98 Å². The highest BCUT2D eigenvalue weighted by Gasteiger charge is 2.30. The first-order chi connectivity index (χ1) is 10.5. The van der Waals surface area contributed by atoms with Gasteiger partial charge in [-0.05, 0) is 56.4 Å². The monoisotopic (exact) mass is 304 g/mol. The molecule has 22 heavy (non-hydrogen) atoms. The number of hydrogen-bond donors (Lipinski definition) is 2. The second-order valence-corrected chi connectivity index (χ2v) is 6.30. The molecule has 1 aromatic heterocycles. The molecule has 5 heteroatoms. The van der Waals surface area contributed by atoms with Crippen molar-refractivity contribution in [2.45, 2.75) is 32.7 Å². The molecule has 0 saturated carbocycles. The van der Waals surface area contributed by atoms with Crippen LogP contribution in [0.1, 0.15) is 35.8 Å². The summed E-state index contributed by atoms with van der Waals surface area (Å²) < 4.78 is 13.5. The maximum absolute atomic E-state index is 13.5. The standard InChI is InChI=1S/C17H21FN2O2/c1-10-5-13(18)6-15-14(10)7-16(19-15)17(22)20-8-12(9-21)4-3-11(20)2/h5-7,11-12,19,21H,3-4,8-9H2,1-2H3. The van der Waals surface area contributed by atoms with Crippen molar-refractivity contribution >= 4 is 16.8 Å². The van der Waals surface area contributed by atoms with Gasteiger partial charge in [-0.2, -0.15) is 0 Å². The lowest BCUT2D eigenvalue weighted by Gasteiger charge is -2.37. The average Bonchev–Trinajstić information content (AvgIpc) is 2.91. The van der Waals surface area contributed by atoms with Gasteiger partial charge in [0.1, 0.15) is 11.5 Å². The molecule has 0 aliphatic carbocycles. The molecule has 3 rings (SSSR count). The lowest BCUT2D eigenvalue weighted by Crippen LogP contribution is -2.46. The van der Waals surface area contributed by atoms with E-state index in [0.717, 1.165) is 23.8 Å². The van der Waals surface area contributed by atoms with E-state index in [4.69, 9.17) is 0 Å². The Morgan fingerprint density at radius 2 is 2.18 bits per heavy atom. The lowest BCUT2D eigenvalue weighted by atomic mass is 9.94. The first-order valence-corrected chi connectivity index (χ1v) is 7.70. The zero-order valence-corrected chi connectivity index (χ0v) is 12.9. The number of aromatic amines is 1. The van der Waals surface area contributed by atoms with Crippen LogP contribution in [0.4, 0.5) is 4.39 Å². The van der Waals surface area contributed by atoms with Crippen LogP contribution in [0.5, 0.6) is 0 Å². The van der Waals surface area contributed by atoms with Gasteiger partial charge in [0.15, 0.2) is 0 Å². The Hall–Kier alpha value is -1.88. The van der Waals surface area contributed by atoms with Crippen molar-refractivity contribution in [3.8, 4) is 0 Å². The highest BCUT2D eigenvalue weighted by atomic mass is 19.1. The normalized spacial score (nSPS) is 22.3. The molecule has 2 aromatic rings. The molecule has 2 atom stereocenters. The fourth-order valence-electron chi connectivity index (χ4n) is 3.26. The van der Waals surface area contributed by atoms with E-state index >= 15 is 0 Å². The van der Waals surface area contributed by atoms with E-state index in [-0.39, 0.29) is 30.3 Å². The number of piperidine rings is 1. The van der Waals surface area contributed by atoms with Gasteiger partial charge in [-0.15, -0.1) is 0 Å². The fraction of sp³-hybridized carbons (Fsp3) is 0.471. The number of aliphatic hydroxyl groups excluding tert-OH is 1. The molecular weight excluding hydrogens is 283 g/mol. The molecule has 1 saturated heterocycles. The Morgan fingerprint density at radius 3 is 2.91 bits per heavy atom. The maximum Gasteiger partial charge on any atom is 0.270 e. The molecular formula is C17H21FN2O2. The van der Waals surface area contributed by atoms with Gasteiger partial charge in [-0.1, -0.05) is 0 Å². The lowest BCUT2D eigenvalue weighted by molar-refractivity contribution is 0.0484. The van der Waals surface area contributed by atoms with Gasteiger partial charge in [-0.3, -0.25) is 4.79 Å². The number of amides is 1. The maximum atomic E-state index is 13.5. The summed E-state index contributed by atoms with van der Waals surface area (Å²) in [7, 11) is 0. The number of halogens is 1. The minimum absolute atomic E-state index is 0.0818. The smallest absolute Gasteiger partial charge is 0.270 e. The second-order valence-electron chi connectivity index (χ2n) is 6.30. The minimum atomic E-state index is -0.308. The van der Waals surface area contributed by atoms with Crippen molar-refractivity contribution in [3.05, 3.63) is 35.3 Å². The molecule has 1 aliphatic rings. The van der Waals surface area contributed by atoms with Crippen LogP contribution in [0.3, 0.4) is 0 Å². The zero-order valence-electron chi connectivity index (χ0n) is 12.9. The van der Waals surface area contributed by atoms with Crippen LogP contribution in [0.15, 0.2) is 18.2 Å². The Morgan fingerprint density at radius 1 is 1.41 bits per heavy atom. The molecule has 1 fully saturated rings. The molecule has 1 amide bonds. The van der Waals surface area contributed by atoms with Crippen molar-refractivity contribution < 1.29 is 14.3 Å². The highest BCUT2D eigenvalue weighted by molar-refractivity contribution is 5.99. The number of hydrogen-bond acceptors (Lipinski definition) is 2. The van der Waals surface area contributed by atoms with Gasteiger partial charge >= 0.3 is 0 Å². The number of carbonyl (C=O) groups excluding carboxylic acids is 1. The van der Waals surface area contributed by atoms with E-state index in [9.17, 15) is 14.3 Å². The summed E-state index contributed by atoms with van der Waals surface area (Å²) in [6, 6.07) is 4.83. The number of H-pyrrole nitrogens is 1. The topological polar surface area (TPSA) is 56.3 Å². The van der Waals surface area contributed by atoms with Gasteiger partial charge in [0.25, 0.3) is 5.91 Å². The molecule has 2 N–H and O–H groups in total. The molecule has 1 aromatic carbocycles. The summed E-state index contributed by atoms with van der Waals surface area (Å²) in [5.41, 5.74) is 1.93. The summed E-state index contributed by atoms with van der Waals surface area (Å²) in [6.45, 7) is 4.53. The predicted molar refractivity (Wildman–Crippen MR) is 83.3 cm³/mol. The van der Waals surface area contributed by atoms with E-state index < -0.39 is 0 Å². The number of aromatic nitrogens is 1. The number of fused-ring (bicyclic) bond motifs is 1. The number of carbonyl (C=O) groups is 1. The van der Waals surface area contributed by atoms with Gasteiger partial charge in [0.2, 0.25) is 0 Å². The molecule has 2 unspecified atom stereocenters. The van der Waals surface area contributed by atoms with Crippen molar-refractivity contribution in [2.75, 3.05) is 13.2 Å². The van der Waals surface area contributed by atoms with Crippen LogP contribution in [0.2, 0.25) is 0 Å². The third kappa shape index (κ3) is 2.61. The highest BCUT2D eigenvalue weighted by Crippen LogP contribution is 2.26. The number of likely N-dealkylation sites (tertiary alicyclic amines) is 1. The van der Waals surface area contributed by atoms with Gasteiger partial charge in [-0.25, -0.2) is 4.39 Å². The van der Waals surface area contributed by atoms with Crippen LogP contribution >= 0.6 is 0 Å². The van der Waals surface area contributed by atoms with Gasteiger partial charge in [0.05, 0.1) is 0 Å². The molecule has 4 nitrogen and oxygen atoms in total. The third-order valence-corrected chi connectivity index (χ3v) is 4.64. The average molecular weight is 304 g/mol. The van der Waals surface area contributed by atoms with Crippen LogP contribution < -0.4 is 0 Å². The molecule has 2 heterocycles. The van der Waals surface area contributed by atoms with Gasteiger partial charge < -0.3 is 15.0 Å².